The molecule has 0 bridgehead atoms. The van der Waals surface area contributed by atoms with Crippen molar-refractivity contribution in [3.8, 4) is 23.0 Å². The van der Waals surface area contributed by atoms with Crippen molar-refractivity contribution < 1.29 is 9.53 Å². The number of aromatic nitrogens is 1. The van der Waals surface area contributed by atoms with Gasteiger partial charge in [-0.1, -0.05) is 60.5 Å². The fourth-order valence-corrected chi connectivity index (χ4v) is 3.74. The minimum absolute atomic E-state index is 0.0543. The molecule has 0 fully saturated rings. The van der Waals surface area contributed by atoms with Crippen molar-refractivity contribution in [2.24, 2.45) is 0 Å². The van der Waals surface area contributed by atoms with Crippen LogP contribution in [0, 0.1) is 25.7 Å². The summed E-state index contributed by atoms with van der Waals surface area (Å²) in [5.74, 6) is 5.97. The number of carbonyl (C=O) groups is 1. The van der Waals surface area contributed by atoms with Crippen LogP contribution in [0.1, 0.15) is 33.9 Å². The molecule has 3 aromatic rings. The summed E-state index contributed by atoms with van der Waals surface area (Å²) in [6.07, 6.45) is 1.32. The van der Waals surface area contributed by atoms with Crippen molar-refractivity contribution >= 4 is 6.09 Å². The fraction of sp³-hybridized carbons (Fsp3) is 0.200. The summed E-state index contributed by atoms with van der Waals surface area (Å²) in [5.41, 5.74) is 7.67. The lowest BCUT2D eigenvalue weighted by Gasteiger charge is -2.14. The number of rotatable bonds is 3. The topological polar surface area (TPSA) is 51.2 Å². The van der Waals surface area contributed by atoms with Crippen molar-refractivity contribution in [2.45, 2.75) is 19.8 Å². The number of fused-ring (bicyclic) bond motifs is 3. The standard InChI is InChI=1S/C25H22N2O2/c1-17-14-18(2)24(27-15-17)12-7-13-26-25(28)29-16-23-21-10-5-3-8-19(21)20-9-4-6-11-22(20)23/h3-6,8-11,14-15,23H,13,16H2,1-2H3,(H,26,28). The van der Waals surface area contributed by atoms with Gasteiger partial charge in [0.15, 0.2) is 0 Å². The Morgan fingerprint density at radius 2 is 1.72 bits per heavy atom. The molecule has 0 aliphatic heterocycles. The zero-order valence-electron chi connectivity index (χ0n) is 16.5. The highest BCUT2D eigenvalue weighted by atomic mass is 16.5. The molecule has 4 nitrogen and oxygen atoms in total. The number of ether oxygens (including phenoxy) is 1. The molecule has 0 radical (unpaired) electrons. The van der Waals surface area contributed by atoms with E-state index in [1.54, 1.807) is 6.20 Å². The van der Waals surface area contributed by atoms with Gasteiger partial charge in [0.2, 0.25) is 0 Å². The monoisotopic (exact) mass is 382 g/mol. The second kappa shape index (κ2) is 8.20. The Hall–Kier alpha value is -3.58. The van der Waals surface area contributed by atoms with Gasteiger partial charge in [-0.3, -0.25) is 0 Å². The minimum Gasteiger partial charge on any atom is -0.449 e. The number of nitrogens with zero attached hydrogens (tertiary/aromatic N) is 1. The molecular formula is C25H22N2O2. The molecule has 1 N–H and O–H groups in total. The molecule has 0 saturated heterocycles. The summed E-state index contributed by atoms with van der Waals surface area (Å²) in [7, 11) is 0. The average molecular weight is 382 g/mol. The molecule has 1 aliphatic rings. The van der Waals surface area contributed by atoms with Crippen LogP contribution in [0.4, 0.5) is 4.79 Å². The zero-order valence-corrected chi connectivity index (χ0v) is 16.5. The highest BCUT2D eigenvalue weighted by molar-refractivity contribution is 5.79. The third kappa shape index (κ3) is 4.00. The lowest BCUT2D eigenvalue weighted by molar-refractivity contribution is 0.144. The molecule has 29 heavy (non-hydrogen) atoms. The largest absolute Gasteiger partial charge is 0.449 e. The Morgan fingerprint density at radius 3 is 2.38 bits per heavy atom. The van der Waals surface area contributed by atoms with E-state index in [0.717, 1.165) is 16.8 Å². The van der Waals surface area contributed by atoms with E-state index in [9.17, 15) is 4.79 Å². The van der Waals surface area contributed by atoms with Crippen molar-refractivity contribution in [1.82, 2.24) is 10.3 Å². The highest BCUT2D eigenvalue weighted by Gasteiger charge is 2.28. The molecule has 0 saturated carbocycles. The van der Waals surface area contributed by atoms with Gasteiger partial charge < -0.3 is 10.1 Å². The summed E-state index contributed by atoms with van der Waals surface area (Å²) < 4.78 is 5.50. The van der Waals surface area contributed by atoms with E-state index in [1.165, 1.54) is 22.3 Å². The van der Waals surface area contributed by atoms with Gasteiger partial charge in [0.25, 0.3) is 0 Å². The number of hydrogen-bond donors (Lipinski definition) is 1. The van der Waals surface area contributed by atoms with Crippen molar-refractivity contribution in [3.05, 3.63) is 88.7 Å². The third-order valence-electron chi connectivity index (χ3n) is 5.09. The maximum absolute atomic E-state index is 12.1. The van der Waals surface area contributed by atoms with Crippen LogP contribution in [0.2, 0.25) is 0 Å². The van der Waals surface area contributed by atoms with Gasteiger partial charge in [0.05, 0.1) is 6.54 Å². The number of carbonyl (C=O) groups excluding carboxylic acids is 1. The number of amides is 1. The van der Waals surface area contributed by atoms with Crippen molar-refractivity contribution in [3.63, 3.8) is 0 Å². The van der Waals surface area contributed by atoms with E-state index in [1.807, 2.05) is 44.2 Å². The van der Waals surface area contributed by atoms with Crippen LogP contribution in [-0.2, 0) is 4.74 Å². The van der Waals surface area contributed by atoms with Crippen LogP contribution >= 0.6 is 0 Å². The Labute approximate surface area is 171 Å². The van der Waals surface area contributed by atoms with E-state index >= 15 is 0 Å². The van der Waals surface area contributed by atoms with E-state index < -0.39 is 6.09 Å². The Bertz CT molecular complexity index is 1080. The summed E-state index contributed by atoms with van der Waals surface area (Å²) >= 11 is 0. The van der Waals surface area contributed by atoms with E-state index in [4.69, 9.17) is 4.74 Å². The molecule has 1 heterocycles. The molecule has 2 aromatic carbocycles. The number of nitrogens with one attached hydrogen (secondary N) is 1. The van der Waals surface area contributed by atoms with Gasteiger partial charge in [-0.15, -0.1) is 0 Å². The quantitative estimate of drug-likeness (QED) is 0.674. The Morgan fingerprint density at radius 1 is 1.07 bits per heavy atom. The van der Waals surface area contributed by atoms with Gasteiger partial charge in [-0.05, 0) is 53.1 Å². The molecule has 1 aliphatic carbocycles. The highest BCUT2D eigenvalue weighted by Crippen LogP contribution is 2.44. The molecule has 144 valence electrons. The van der Waals surface area contributed by atoms with Gasteiger partial charge in [-0.2, -0.15) is 0 Å². The lowest BCUT2D eigenvalue weighted by Crippen LogP contribution is -2.26. The molecular weight excluding hydrogens is 360 g/mol. The summed E-state index contributed by atoms with van der Waals surface area (Å²) in [5, 5.41) is 2.69. The number of hydrogen-bond acceptors (Lipinski definition) is 3. The maximum Gasteiger partial charge on any atom is 0.407 e. The average Bonchev–Trinajstić information content (AvgIpc) is 3.05. The first-order valence-electron chi connectivity index (χ1n) is 9.64. The maximum atomic E-state index is 12.1. The lowest BCUT2D eigenvalue weighted by atomic mass is 9.98. The molecule has 0 spiro atoms. The van der Waals surface area contributed by atoms with Gasteiger partial charge in [-0.25, -0.2) is 9.78 Å². The summed E-state index contributed by atoms with van der Waals surface area (Å²) in [6, 6.07) is 18.6. The number of benzene rings is 2. The predicted molar refractivity (Wildman–Crippen MR) is 114 cm³/mol. The van der Waals surface area contributed by atoms with Gasteiger partial charge in [0, 0.05) is 12.1 Å². The van der Waals surface area contributed by atoms with Gasteiger partial charge >= 0.3 is 6.09 Å². The number of pyridine rings is 1. The Kier molecular flexibility index (Phi) is 5.31. The van der Waals surface area contributed by atoms with Crippen LogP contribution in [0.5, 0.6) is 0 Å². The van der Waals surface area contributed by atoms with E-state index in [2.05, 4.69) is 46.4 Å². The van der Waals surface area contributed by atoms with Crippen molar-refractivity contribution in [1.29, 1.82) is 0 Å². The molecule has 4 heteroatoms. The number of alkyl carbamates (subject to hydrolysis) is 1. The molecule has 4 rings (SSSR count). The second-order valence-corrected chi connectivity index (χ2v) is 7.16. The first-order valence-corrected chi connectivity index (χ1v) is 9.64. The van der Waals surface area contributed by atoms with Gasteiger partial charge in [0.1, 0.15) is 12.3 Å². The van der Waals surface area contributed by atoms with Crippen molar-refractivity contribution in [2.75, 3.05) is 13.2 Å². The van der Waals surface area contributed by atoms with Crippen LogP contribution in [-0.4, -0.2) is 24.2 Å². The van der Waals surface area contributed by atoms with Crippen LogP contribution < -0.4 is 5.32 Å². The van der Waals surface area contributed by atoms with E-state index in [0.29, 0.717) is 6.61 Å². The third-order valence-corrected chi connectivity index (χ3v) is 5.09. The predicted octanol–water partition coefficient (Wildman–Crippen LogP) is 4.59. The molecule has 1 aromatic heterocycles. The van der Waals surface area contributed by atoms with E-state index in [-0.39, 0.29) is 12.5 Å². The summed E-state index contributed by atoms with van der Waals surface area (Å²) in [4.78, 5) is 16.4. The normalized spacial score (nSPS) is 11.8. The van der Waals surface area contributed by atoms with Crippen LogP contribution in [0.3, 0.4) is 0 Å². The summed E-state index contributed by atoms with van der Waals surface area (Å²) in [6.45, 7) is 4.48. The SMILES string of the molecule is Cc1cnc(C#CCNC(=O)OCC2c3ccccc3-c3ccccc32)c(C)c1. The smallest absolute Gasteiger partial charge is 0.407 e. The molecule has 1 amide bonds. The second-order valence-electron chi connectivity index (χ2n) is 7.16. The van der Waals surface area contributed by atoms with Crippen LogP contribution in [0.15, 0.2) is 60.8 Å². The molecule has 0 atom stereocenters. The minimum atomic E-state index is -0.463. The zero-order chi connectivity index (χ0) is 20.2. The first kappa shape index (κ1) is 18.8. The Balaban J connectivity index is 1.35. The first-order chi connectivity index (χ1) is 14.1. The number of aryl methyl sites for hydroxylation is 2. The van der Waals surface area contributed by atoms with Crippen LogP contribution in [0.25, 0.3) is 11.1 Å². The molecule has 0 unspecified atom stereocenters. The fourth-order valence-electron chi connectivity index (χ4n) is 3.74.